The van der Waals surface area contributed by atoms with Gasteiger partial charge in [0.05, 0.1) is 18.5 Å². The van der Waals surface area contributed by atoms with E-state index < -0.39 is 5.54 Å². The van der Waals surface area contributed by atoms with Crippen LogP contribution >= 0.6 is 11.6 Å². The molecule has 4 rings (SSSR count). The van der Waals surface area contributed by atoms with E-state index in [2.05, 4.69) is 21.7 Å². The summed E-state index contributed by atoms with van der Waals surface area (Å²) in [6.45, 7) is 4.74. The van der Waals surface area contributed by atoms with Crippen molar-refractivity contribution in [1.29, 1.82) is 0 Å². The molecule has 0 spiro atoms. The molecule has 3 aromatic rings. The Labute approximate surface area is 181 Å². The molecule has 6 nitrogen and oxygen atoms in total. The van der Waals surface area contributed by atoms with E-state index in [9.17, 15) is 0 Å². The number of halogens is 1. The summed E-state index contributed by atoms with van der Waals surface area (Å²) in [5.74, 6) is 2.42. The van der Waals surface area contributed by atoms with E-state index >= 15 is 0 Å². The van der Waals surface area contributed by atoms with Crippen molar-refractivity contribution in [2.75, 3.05) is 20.8 Å². The molecule has 2 aromatic carbocycles. The maximum atomic E-state index is 6.15. The summed E-state index contributed by atoms with van der Waals surface area (Å²) < 4.78 is 12.9. The zero-order valence-corrected chi connectivity index (χ0v) is 18.4. The average Bonchev–Trinajstić information content (AvgIpc) is 3.10. The molecule has 156 valence electrons. The van der Waals surface area contributed by atoms with Crippen LogP contribution in [0.2, 0.25) is 5.02 Å². The summed E-state index contributed by atoms with van der Waals surface area (Å²) in [7, 11) is 3.38. The maximum absolute atomic E-state index is 6.15. The molecule has 0 aliphatic carbocycles. The quantitative estimate of drug-likeness (QED) is 0.536. The fraction of sp³-hybridized carbons (Fsp3) is 0.348. The average molecular weight is 425 g/mol. The van der Waals surface area contributed by atoms with E-state index in [1.165, 1.54) is 0 Å². The molecule has 1 atom stereocenters. The highest BCUT2D eigenvalue weighted by Gasteiger charge is 2.37. The van der Waals surface area contributed by atoms with E-state index in [-0.39, 0.29) is 0 Å². The molecule has 0 saturated carbocycles. The van der Waals surface area contributed by atoms with Crippen molar-refractivity contribution in [3.05, 3.63) is 70.3 Å². The highest BCUT2D eigenvalue weighted by atomic mass is 35.5. The summed E-state index contributed by atoms with van der Waals surface area (Å²) in [4.78, 5) is 5.29. The largest absolute Gasteiger partial charge is 0.497 e. The number of hydrogen-bond acceptors (Lipinski definition) is 5. The molecule has 1 aliphatic rings. The van der Waals surface area contributed by atoms with E-state index in [1.807, 2.05) is 49.4 Å². The monoisotopic (exact) mass is 424 g/mol. The number of hydrogen-bond donors (Lipinski definition) is 0. The molecule has 0 bridgehead atoms. The van der Waals surface area contributed by atoms with Gasteiger partial charge in [-0.15, -0.1) is 10.2 Å². The number of fused-ring (bicyclic) bond motifs is 3. The van der Waals surface area contributed by atoms with Gasteiger partial charge in [0.1, 0.15) is 17.1 Å². The lowest BCUT2D eigenvalue weighted by Gasteiger charge is -2.24. The van der Waals surface area contributed by atoms with E-state index in [0.717, 1.165) is 52.8 Å². The van der Waals surface area contributed by atoms with Gasteiger partial charge in [0.2, 0.25) is 0 Å². The number of aromatic nitrogens is 3. The molecule has 0 fully saturated rings. The van der Waals surface area contributed by atoms with Crippen molar-refractivity contribution in [1.82, 2.24) is 14.8 Å². The number of nitrogens with zero attached hydrogens (tertiary/aromatic N) is 4. The predicted molar refractivity (Wildman–Crippen MR) is 118 cm³/mol. The minimum Gasteiger partial charge on any atom is -0.497 e. The number of aliphatic imine (C=N–C) groups is 1. The van der Waals surface area contributed by atoms with Crippen molar-refractivity contribution < 1.29 is 9.47 Å². The first kappa shape index (κ1) is 20.6. The normalized spacial score (nSPS) is 17.7. The minimum absolute atomic E-state index is 0.568. The second-order valence-corrected chi connectivity index (χ2v) is 8.06. The zero-order chi connectivity index (χ0) is 21.3. The lowest BCUT2D eigenvalue weighted by atomic mass is 9.94. The Morgan fingerprint density at radius 2 is 1.83 bits per heavy atom. The molecule has 0 amide bonds. The maximum Gasteiger partial charge on any atom is 0.165 e. The molecular weight excluding hydrogens is 400 g/mol. The first-order valence-corrected chi connectivity index (χ1v) is 10.3. The third kappa shape index (κ3) is 3.61. The zero-order valence-electron chi connectivity index (χ0n) is 17.6. The summed E-state index contributed by atoms with van der Waals surface area (Å²) in [6.07, 6.45) is 1.64. The Morgan fingerprint density at radius 1 is 1.07 bits per heavy atom. The molecule has 1 unspecified atom stereocenters. The van der Waals surface area contributed by atoms with Crippen LogP contribution in [-0.2, 0) is 10.3 Å². The van der Waals surface area contributed by atoms with Crippen molar-refractivity contribution in [3.63, 3.8) is 0 Å². The van der Waals surface area contributed by atoms with Crippen LogP contribution in [0.1, 0.15) is 42.5 Å². The van der Waals surface area contributed by atoms with Gasteiger partial charge < -0.3 is 9.47 Å². The first-order valence-electron chi connectivity index (χ1n) is 9.93. The highest BCUT2D eigenvalue weighted by molar-refractivity contribution is 6.30. The Bertz CT molecular complexity index is 1090. The summed E-state index contributed by atoms with van der Waals surface area (Å²) in [6, 6.07) is 13.8. The van der Waals surface area contributed by atoms with Gasteiger partial charge in [-0.05, 0) is 57.0 Å². The van der Waals surface area contributed by atoms with Crippen LogP contribution in [0.25, 0.3) is 5.69 Å². The molecule has 7 heteroatoms. The Morgan fingerprint density at radius 3 is 2.53 bits per heavy atom. The number of rotatable bonds is 6. The standard InChI is InChI=1S/C23H25ClN4O2/c1-15-26-27-22-23(2,12-5-13-29-3)25-21(16-6-8-17(24)9-7-16)19-14-18(30-4)10-11-20(19)28(15)22/h6-11,14H,5,12-13H2,1-4H3. The smallest absolute Gasteiger partial charge is 0.165 e. The SMILES string of the molecule is COCCCC1(C)N=C(c2ccc(Cl)cc2)c2cc(OC)ccc2-n2c(C)nnc21. The van der Waals surface area contributed by atoms with Gasteiger partial charge in [-0.1, -0.05) is 23.7 Å². The van der Waals surface area contributed by atoms with Crippen LogP contribution in [0.5, 0.6) is 5.75 Å². The number of methoxy groups -OCH3 is 2. The summed E-state index contributed by atoms with van der Waals surface area (Å²) >= 11 is 6.15. The number of ether oxygens (including phenoxy) is 2. The van der Waals surface area contributed by atoms with Gasteiger partial charge in [0, 0.05) is 29.9 Å². The van der Waals surface area contributed by atoms with Crippen molar-refractivity contribution in [3.8, 4) is 11.4 Å². The van der Waals surface area contributed by atoms with Crippen LogP contribution in [0.4, 0.5) is 0 Å². The van der Waals surface area contributed by atoms with Crippen molar-refractivity contribution in [2.24, 2.45) is 4.99 Å². The van der Waals surface area contributed by atoms with Crippen LogP contribution in [-0.4, -0.2) is 41.3 Å². The van der Waals surface area contributed by atoms with Gasteiger partial charge in [-0.2, -0.15) is 0 Å². The Kier molecular flexibility index (Phi) is 5.62. The highest BCUT2D eigenvalue weighted by Crippen LogP contribution is 2.38. The van der Waals surface area contributed by atoms with E-state index in [1.54, 1.807) is 14.2 Å². The van der Waals surface area contributed by atoms with Crippen LogP contribution in [0.3, 0.4) is 0 Å². The first-order chi connectivity index (χ1) is 14.5. The van der Waals surface area contributed by atoms with Gasteiger partial charge in [-0.25, -0.2) is 0 Å². The molecule has 1 aliphatic heterocycles. The fourth-order valence-electron chi connectivity index (χ4n) is 3.94. The molecular formula is C23H25ClN4O2. The van der Waals surface area contributed by atoms with Gasteiger partial charge in [-0.3, -0.25) is 9.56 Å². The third-order valence-electron chi connectivity index (χ3n) is 5.49. The number of aryl methyl sites for hydroxylation is 1. The third-order valence-corrected chi connectivity index (χ3v) is 5.75. The lowest BCUT2D eigenvalue weighted by molar-refractivity contribution is 0.183. The second-order valence-electron chi connectivity index (χ2n) is 7.63. The van der Waals surface area contributed by atoms with E-state index in [0.29, 0.717) is 11.6 Å². The fourth-order valence-corrected chi connectivity index (χ4v) is 4.07. The predicted octanol–water partition coefficient (Wildman–Crippen LogP) is 4.73. The Hall–Kier alpha value is -2.70. The van der Waals surface area contributed by atoms with Crippen LogP contribution in [0.15, 0.2) is 47.5 Å². The molecule has 0 N–H and O–H groups in total. The minimum atomic E-state index is -0.568. The molecule has 1 aromatic heterocycles. The topological polar surface area (TPSA) is 61.5 Å². The second kappa shape index (κ2) is 8.20. The summed E-state index contributed by atoms with van der Waals surface area (Å²) in [5, 5.41) is 9.61. The number of benzene rings is 2. The summed E-state index contributed by atoms with van der Waals surface area (Å²) in [5.41, 5.74) is 3.25. The van der Waals surface area contributed by atoms with Gasteiger partial charge in [0.25, 0.3) is 0 Å². The Balaban J connectivity index is 1.99. The van der Waals surface area contributed by atoms with Crippen LogP contribution in [0, 0.1) is 6.92 Å². The van der Waals surface area contributed by atoms with Gasteiger partial charge in [0.15, 0.2) is 5.82 Å². The molecule has 0 saturated heterocycles. The van der Waals surface area contributed by atoms with Gasteiger partial charge >= 0.3 is 0 Å². The molecule has 2 heterocycles. The van der Waals surface area contributed by atoms with E-state index in [4.69, 9.17) is 26.1 Å². The van der Waals surface area contributed by atoms with Crippen molar-refractivity contribution in [2.45, 2.75) is 32.2 Å². The molecule has 30 heavy (non-hydrogen) atoms. The van der Waals surface area contributed by atoms with Crippen LogP contribution < -0.4 is 4.74 Å². The lowest BCUT2D eigenvalue weighted by Crippen LogP contribution is -2.25. The van der Waals surface area contributed by atoms with Crippen molar-refractivity contribution >= 4 is 17.3 Å². The molecule has 0 radical (unpaired) electrons.